The van der Waals surface area contributed by atoms with Gasteiger partial charge in [-0.2, -0.15) is 18.3 Å². The molecule has 0 aromatic rings. The molecule has 0 bridgehead atoms. The number of hydrogen-bond donors (Lipinski definition) is 0. The first-order valence-corrected chi connectivity index (χ1v) is 3.47. The number of azo groups is 1. The number of carbonyl (C=O) groups excluding carboxylic acids is 1. The summed E-state index contributed by atoms with van der Waals surface area (Å²) in [6.07, 6.45) is 0.873. The van der Waals surface area contributed by atoms with Crippen LogP contribution in [0.1, 0.15) is 0 Å². The van der Waals surface area contributed by atoms with Crippen molar-refractivity contribution >= 4 is 17.7 Å². The van der Waals surface area contributed by atoms with Gasteiger partial charge < -0.3 is 0 Å². The number of halogens is 3. The maximum atomic E-state index is 11.7. The zero-order valence-electron chi connectivity index (χ0n) is 5.42. The van der Waals surface area contributed by atoms with Crippen molar-refractivity contribution in [3.8, 4) is 0 Å². The largest absolute Gasteiger partial charge is 0.446 e. The van der Waals surface area contributed by atoms with E-state index < -0.39 is 23.0 Å². The molecule has 0 amide bonds. The molecular formula is C5HF3N2OS. The van der Waals surface area contributed by atoms with Gasteiger partial charge in [0.15, 0.2) is 11.6 Å². The predicted octanol–water partition coefficient (Wildman–Crippen LogP) is 2.26. The Labute approximate surface area is 69.0 Å². The molecule has 0 spiro atoms. The standard InChI is InChI=1S/C5HF3N2OS/c6-5(7,8)12-4-1-9-10-3(4)2-11/h1H. The summed E-state index contributed by atoms with van der Waals surface area (Å²) in [5.74, 6) is 1.25. The van der Waals surface area contributed by atoms with Gasteiger partial charge in [-0.15, -0.1) is 5.11 Å². The maximum Gasteiger partial charge on any atom is 0.446 e. The molecule has 0 atom stereocenters. The number of rotatable bonds is 1. The smallest absolute Gasteiger partial charge is 0.231 e. The van der Waals surface area contributed by atoms with Crippen LogP contribution in [0.5, 0.6) is 0 Å². The second kappa shape index (κ2) is 3.12. The van der Waals surface area contributed by atoms with Gasteiger partial charge in [0.2, 0.25) is 0 Å². The highest BCUT2D eigenvalue weighted by Gasteiger charge is 2.33. The first-order valence-electron chi connectivity index (χ1n) is 2.65. The fourth-order valence-corrected chi connectivity index (χ4v) is 1.05. The summed E-state index contributed by atoms with van der Waals surface area (Å²) >= 11 is -0.429. The average molecular weight is 194 g/mol. The van der Waals surface area contributed by atoms with E-state index >= 15 is 0 Å². The topological polar surface area (TPSA) is 41.8 Å². The fourth-order valence-electron chi connectivity index (χ4n) is 0.520. The van der Waals surface area contributed by atoms with E-state index in [1.54, 1.807) is 0 Å². The first-order chi connectivity index (χ1) is 5.53. The monoisotopic (exact) mass is 194 g/mol. The third-order valence-electron chi connectivity index (χ3n) is 0.888. The van der Waals surface area contributed by atoms with Crippen LogP contribution >= 0.6 is 11.8 Å². The minimum atomic E-state index is -4.43. The minimum Gasteiger partial charge on any atom is -0.231 e. The molecule has 0 saturated carbocycles. The van der Waals surface area contributed by atoms with Gasteiger partial charge in [-0.05, 0) is 11.8 Å². The van der Waals surface area contributed by atoms with E-state index in [-0.39, 0.29) is 4.91 Å². The second-order valence-electron chi connectivity index (χ2n) is 1.71. The molecule has 7 heteroatoms. The van der Waals surface area contributed by atoms with Crippen molar-refractivity contribution in [2.45, 2.75) is 5.51 Å². The van der Waals surface area contributed by atoms with Gasteiger partial charge in [0.25, 0.3) is 0 Å². The third kappa shape index (κ3) is 2.21. The van der Waals surface area contributed by atoms with Gasteiger partial charge in [-0.3, -0.25) is 0 Å². The Morgan fingerprint density at radius 2 is 2.17 bits per heavy atom. The summed E-state index contributed by atoms with van der Waals surface area (Å²) in [5.41, 5.74) is -4.83. The Morgan fingerprint density at radius 1 is 1.50 bits per heavy atom. The lowest BCUT2D eigenvalue weighted by atomic mass is 10.5. The normalized spacial score (nSPS) is 16.2. The summed E-state index contributed by atoms with van der Waals surface area (Å²) in [5, 5.41) is 6.27. The molecule has 0 unspecified atom stereocenters. The Balaban J connectivity index is 2.75. The van der Waals surface area contributed by atoms with Crippen molar-refractivity contribution in [1.82, 2.24) is 0 Å². The van der Waals surface area contributed by atoms with Gasteiger partial charge in [-0.25, -0.2) is 4.79 Å². The van der Waals surface area contributed by atoms with Gasteiger partial charge in [-0.1, -0.05) is 0 Å². The van der Waals surface area contributed by atoms with E-state index in [9.17, 15) is 18.0 Å². The third-order valence-corrected chi connectivity index (χ3v) is 1.64. The molecule has 0 N–H and O–H groups in total. The number of nitrogens with zero attached hydrogens (tertiary/aromatic N) is 2. The fraction of sp³-hybridized carbons (Fsp3) is 0.200. The van der Waals surface area contributed by atoms with Crippen molar-refractivity contribution < 1.29 is 18.0 Å². The van der Waals surface area contributed by atoms with Crippen LogP contribution in [-0.4, -0.2) is 11.4 Å². The summed E-state index contributed by atoms with van der Waals surface area (Å²) in [6.45, 7) is 0. The van der Waals surface area contributed by atoms with Crippen LogP contribution in [-0.2, 0) is 4.79 Å². The van der Waals surface area contributed by atoms with E-state index in [2.05, 4.69) is 10.2 Å². The molecule has 3 nitrogen and oxygen atoms in total. The Bertz CT molecular complexity index is 300. The van der Waals surface area contributed by atoms with Crippen LogP contribution in [0.3, 0.4) is 0 Å². The molecule has 0 aromatic heterocycles. The van der Waals surface area contributed by atoms with Crippen LogP contribution in [0.25, 0.3) is 0 Å². The zero-order valence-corrected chi connectivity index (χ0v) is 6.24. The van der Waals surface area contributed by atoms with Crippen molar-refractivity contribution in [3.63, 3.8) is 0 Å². The molecule has 0 aliphatic carbocycles. The summed E-state index contributed by atoms with van der Waals surface area (Å²) in [6, 6.07) is 0. The molecule has 1 rings (SSSR count). The molecular weight excluding hydrogens is 193 g/mol. The molecule has 0 radical (unpaired) electrons. The van der Waals surface area contributed by atoms with Crippen molar-refractivity contribution in [3.05, 3.63) is 16.8 Å². The van der Waals surface area contributed by atoms with Gasteiger partial charge >= 0.3 is 5.51 Å². The van der Waals surface area contributed by atoms with E-state index in [4.69, 9.17) is 0 Å². The lowest BCUT2D eigenvalue weighted by molar-refractivity contribution is -0.0321. The van der Waals surface area contributed by atoms with Crippen LogP contribution in [0.4, 0.5) is 13.2 Å². The maximum absolute atomic E-state index is 11.7. The van der Waals surface area contributed by atoms with E-state index in [1.807, 2.05) is 0 Å². The number of hydrogen-bond acceptors (Lipinski definition) is 4. The Hall–Kier alpha value is -1.07. The molecule has 1 aliphatic rings. The van der Waals surface area contributed by atoms with Crippen LogP contribution in [0, 0.1) is 0 Å². The van der Waals surface area contributed by atoms with Crippen LogP contribution in [0.15, 0.2) is 27.0 Å². The Kier molecular flexibility index (Phi) is 2.35. The SMILES string of the molecule is O=C=C1N=NC=C1SC(F)(F)F. The quantitative estimate of drug-likeness (QED) is 0.601. The summed E-state index contributed by atoms with van der Waals surface area (Å²) < 4.78 is 35.1. The lowest BCUT2D eigenvalue weighted by Crippen LogP contribution is -2.00. The van der Waals surface area contributed by atoms with E-state index in [0.717, 1.165) is 6.20 Å². The molecule has 1 aliphatic heterocycles. The average Bonchev–Trinajstić information content (AvgIpc) is 2.31. The minimum absolute atomic E-state index is 0.322. The number of thioether (sulfide) groups is 1. The molecule has 0 saturated heterocycles. The molecule has 0 fully saturated rings. The molecule has 1 heterocycles. The second-order valence-corrected chi connectivity index (χ2v) is 2.81. The van der Waals surface area contributed by atoms with Crippen molar-refractivity contribution in [2.75, 3.05) is 0 Å². The van der Waals surface area contributed by atoms with E-state index in [0.29, 0.717) is 0 Å². The highest BCUT2D eigenvalue weighted by molar-refractivity contribution is 8.04. The number of alkyl halides is 3. The van der Waals surface area contributed by atoms with Crippen molar-refractivity contribution in [2.24, 2.45) is 10.2 Å². The highest BCUT2D eigenvalue weighted by Crippen LogP contribution is 2.40. The molecule has 12 heavy (non-hydrogen) atoms. The van der Waals surface area contributed by atoms with Crippen LogP contribution < -0.4 is 0 Å². The van der Waals surface area contributed by atoms with Gasteiger partial charge in [0.1, 0.15) is 0 Å². The predicted molar refractivity (Wildman–Crippen MR) is 35.8 cm³/mol. The summed E-state index contributed by atoms with van der Waals surface area (Å²) in [4.78, 5) is 9.64. The molecule has 0 aromatic carbocycles. The Morgan fingerprint density at radius 3 is 2.67 bits per heavy atom. The van der Waals surface area contributed by atoms with Crippen molar-refractivity contribution in [1.29, 1.82) is 0 Å². The molecule has 64 valence electrons. The lowest BCUT2D eigenvalue weighted by Gasteiger charge is -2.03. The van der Waals surface area contributed by atoms with Crippen LogP contribution in [0.2, 0.25) is 0 Å². The zero-order chi connectivity index (χ0) is 9.19. The van der Waals surface area contributed by atoms with Gasteiger partial charge in [0.05, 0.1) is 11.1 Å². The summed E-state index contributed by atoms with van der Waals surface area (Å²) in [7, 11) is 0. The van der Waals surface area contributed by atoms with Gasteiger partial charge in [0, 0.05) is 0 Å². The van der Waals surface area contributed by atoms with E-state index in [1.165, 1.54) is 5.94 Å². The highest BCUT2D eigenvalue weighted by atomic mass is 32.2. The first kappa shape index (κ1) is 9.02.